The summed E-state index contributed by atoms with van der Waals surface area (Å²) in [7, 11) is 0. The maximum atomic E-state index is 3.80. The molecule has 2 heteroatoms. The Balaban J connectivity index is 2.87. The summed E-state index contributed by atoms with van der Waals surface area (Å²) < 4.78 is 0. The average Bonchev–Trinajstić information content (AvgIpc) is 2.26. The van der Waals surface area contributed by atoms with Crippen molar-refractivity contribution in [2.75, 3.05) is 26.2 Å². The number of hydrogen-bond donors (Lipinski definition) is 1. The molecule has 0 spiro atoms. The van der Waals surface area contributed by atoms with E-state index >= 15 is 0 Å². The third-order valence-electron chi connectivity index (χ3n) is 2.87. The van der Waals surface area contributed by atoms with Gasteiger partial charge in [-0.15, -0.1) is 0 Å². The SMILES string of the molecule is C=C/C=C(\C(C)=C(C)C)N1CCNCC1. The second-order valence-corrected chi connectivity index (χ2v) is 4.15. The van der Waals surface area contributed by atoms with E-state index in [0.29, 0.717) is 0 Å². The predicted molar refractivity (Wildman–Crippen MR) is 66.8 cm³/mol. The van der Waals surface area contributed by atoms with E-state index in [-0.39, 0.29) is 0 Å². The molecular formula is C13H22N2. The van der Waals surface area contributed by atoms with Gasteiger partial charge >= 0.3 is 0 Å². The van der Waals surface area contributed by atoms with Crippen LogP contribution in [0.1, 0.15) is 20.8 Å². The number of piperazine rings is 1. The maximum Gasteiger partial charge on any atom is 0.0395 e. The van der Waals surface area contributed by atoms with Crippen molar-refractivity contribution in [1.82, 2.24) is 10.2 Å². The predicted octanol–water partition coefficient (Wildman–Crippen LogP) is 2.32. The van der Waals surface area contributed by atoms with Gasteiger partial charge in [0.2, 0.25) is 0 Å². The van der Waals surface area contributed by atoms with Gasteiger partial charge in [-0.1, -0.05) is 18.2 Å². The molecule has 1 saturated heterocycles. The number of allylic oxidation sites excluding steroid dienone is 4. The Morgan fingerprint density at radius 2 is 1.80 bits per heavy atom. The first-order valence-electron chi connectivity index (χ1n) is 5.59. The number of rotatable bonds is 3. The molecule has 0 saturated carbocycles. The van der Waals surface area contributed by atoms with Crippen LogP contribution in [-0.2, 0) is 0 Å². The van der Waals surface area contributed by atoms with Gasteiger partial charge in [-0.2, -0.15) is 0 Å². The normalized spacial score (nSPS) is 17.5. The van der Waals surface area contributed by atoms with Crippen LogP contribution in [0.2, 0.25) is 0 Å². The molecule has 2 nitrogen and oxygen atoms in total. The van der Waals surface area contributed by atoms with Crippen LogP contribution < -0.4 is 5.32 Å². The van der Waals surface area contributed by atoms with E-state index in [1.54, 1.807) is 0 Å². The van der Waals surface area contributed by atoms with Gasteiger partial charge in [-0.3, -0.25) is 0 Å². The molecule has 0 aromatic carbocycles. The monoisotopic (exact) mass is 206 g/mol. The van der Waals surface area contributed by atoms with E-state index in [4.69, 9.17) is 0 Å². The average molecular weight is 206 g/mol. The molecule has 0 radical (unpaired) electrons. The van der Waals surface area contributed by atoms with Crippen molar-refractivity contribution in [3.8, 4) is 0 Å². The number of nitrogens with one attached hydrogen (secondary N) is 1. The Kier molecular flexibility index (Phi) is 4.63. The van der Waals surface area contributed by atoms with Gasteiger partial charge < -0.3 is 10.2 Å². The van der Waals surface area contributed by atoms with Gasteiger partial charge in [0.15, 0.2) is 0 Å². The van der Waals surface area contributed by atoms with Crippen LogP contribution in [0.5, 0.6) is 0 Å². The summed E-state index contributed by atoms with van der Waals surface area (Å²) in [4.78, 5) is 2.43. The molecule has 1 aliphatic heterocycles. The Hall–Kier alpha value is -1.02. The smallest absolute Gasteiger partial charge is 0.0395 e. The van der Waals surface area contributed by atoms with E-state index in [2.05, 4.69) is 43.6 Å². The highest BCUT2D eigenvalue weighted by Crippen LogP contribution is 2.19. The summed E-state index contributed by atoms with van der Waals surface area (Å²) in [5, 5.41) is 3.37. The molecule has 84 valence electrons. The minimum Gasteiger partial charge on any atom is -0.369 e. The van der Waals surface area contributed by atoms with Crippen molar-refractivity contribution >= 4 is 0 Å². The van der Waals surface area contributed by atoms with Crippen LogP contribution in [-0.4, -0.2) is 31.1 Å². The first-order valence-corrected chi connectivity index (χ1v) is 5.59. The lowest BCUT2D eigenvalue weighted by atomic mass is 10.1. The summed E-state index contributed by atoms with van der Waals surface area (Å²) in [6, 6.07) is 0. The minimum absolute atomic E-state index is 1.07. The molecule has 1 N–H and O–H groups in total. The topological polar surface area (TPSA) is 15.3 Å². The summed E-state index contributed by atoms with van der Waals surface area (Å²) in [5.41, 5.74) is 4.07. The van der Waals surface area contributed by atoms with Crippen LogP contribution in [0.15, 0.2) is 35.6 Å². The van der Waals surface area contributed by atoms with Gasteiger partial charge in [-0.25, -0.2) is 0 Å². The first kappa shape index (κ1) is 12.1. The zero-order valence-corrected chi connectivity index (χ0v) is 10.1. The van der Waals surface area contributed by atoms with Crippen molar-refractivity contribution in [3.05, 3.63) is 35.6 Å². The largest absolute Gasteiger partial charge is 0.369 e. The maximum absolute atomic E-state index is 3.80. The Labute approximate surface area is 93.4 Å². The van der Waals surface area contributed by atoms with E-state index in [1.165, 1.54) is 16.8 Å². The molecule has 0 aromatic heterocycles. The summed E-state index contributed by atoms with van der Waals surface area (Å²) >= 11 is 0. The highest BCUT2D eigenvalue weighted by molar-refractivity contribution is 5.33. The zero-order chi connectivity index (χ0) is 11.3. The van der Waals surface area contributed by atoms with Gasteiger partial charge in [0, 0.05) is 31.9 Å². The van der Waals surface area contributed by atoms with Gasteiger partial charge in [-0.05, 0) is 32.4 Å². The molecule has 1 rings (SSSR count). The van der Waals surface area contributed by atoms with Crippen molar-refractivity contribution in [2.24, 2.45) is 0 Å². The number of hydrogen-bond acceptors (Lipinski definition) is 2. The second-order valence-electron chi connectivity index (χ2n) is 4.15. The number of nitrogens with zero attached hydrogens (tertiary/aromatic N) is 1. The fourth-order valence-corrected chi connectivity index (χ4v) is 1.74. The molecule has 0 aliphatic carbocycles. The second kappa shape index (κ2) is 5.76. The lowest BCUT2D eigenvalue weighted by Crippen LogP contribution is -2.43. The molecule has 0 bridgehead atoms. The molecule has 0 amide bonds. The Bertz CT molecular complexity index is 277. The van der Waals surface area contributed by atoms with Crippen molar-refractivity contribution in [3.63, 3.8) is 0 Å². The molecule has 0 aromatic rings. The van der Waals surface area contributed by atoms with Crippen molar-refractivity contribution in [2.45, 2.75) is 20.8 Å². The standard InChI is InChI=1S/C13H22N2/c1-5-6-13(12(4)11(2)3)15-9-7-14-8-10-15/h5-6,14H,1,7-10H2,2-4H3/b13-6+. The third-order valence-corrected chi connectivity index (χ3v) is 2.87. The molecular weight excluding hydrogens is 184 g/mol. The highest BCUT2D eigenvalue weighted by Gasteiger charge is 2.13. The van der Waals surface area contributed by atoms with Crippen LogP contribution >= 0.6 is 0 Å². The molecule has 0 atom stereocenters. The molecule has 15 heavy (non-hydrogen) atoms. The van der Waals surface area contributed by atoms with Crippen LogP contribution in [0, 0.1) is 0 Å². The van der Waals surface area contributed by atoms with Crippen molar-refractivity contribution < 1.29 is 0 Å². The lowest BCUT2D eigenvalue weighted by molar-refractivity contribution is 0.303. The van der Waals surface area contributed by atoms with E-state index < -0.39 is 0 Å². The van der Waals surface area contributed by atoms with Gasteiger partial charge in [0.25, 0.3) is 0 Å². The van der Waals surface area contributed by atoms with Crippen molar-refractivity contribution in [1.29, 1.82) is 0 Å². The van der Waals surface area contributed by atoms with E-state index in [1.807, 2.05) is 6.08 Å². The van der Waals surface area contributed by atoms with Gasteiger partial charge in [0.05, 0.1) is 0 Å². The minimum atomic E-state index is 1.07. The molecule has 1 heterocycles. The Morgan fingerprint density at radius 3 is 2.27 bits per heavy atom. The summed E-state index contributed by atoms with van der Waals surface area (Å²) in [6.07, 6.45) is 4.00. The van der Waals surface area contributed by atoms with E-state index in [9.17, 15) is 0 Å². The van der Waals surface area contributed by atoms with Gasteiger partial charge in [0.1, 0.15) is 0 Å². The fraction of sp³-hybridized carbons (Fsp3) is 0.538. The fourth-order valence-electron chi connectivity index (χ4n) is 1.74. The molecule has 0 unspecified atom stereocenters. The van der Waals surface area contributed by atoms with Crippen LogP contribution in [0.3, 0.4) is 0 Å². The van der Waals surface area contributed by atoms with Crippen LogP contribution in [0.4, 0.5) is 0 Å². The summed E-state index contributed by atoms with van der Waals surface area (Å²) in [6.45, 7) is 14.6. The highest BCUT2D eigenvalue weighted by atomic mass is 15.2. The molecule has 1 aliphatic rings. The first-order chi connectivity index (χ1) is 7.16. The molecule has 1 fully saturated rings. The quantitative estimate of drug-likeness (QED) is 0.713. The van der Waals surface area contributed by atoms with Crippen LogP contribution in [0.25, 0.3) is 0 Å². The lowest BCUT2D eigenvalue weighted by Gasteiger charge is -2.32. The van der Waals surface area contributed by atoms with E-state index in [0.717, 1.165) is 26.2 Å². The Morgan fingerprint density at radius 1 is 1.20 bits per heavy atom. The summed E-state index contributed by atoms with van der Waals surface area (Å²) in [5.74, 6) is 0. The third kappa shape index (κ3) is 3.24. The zero-order valence-electron chi connectivity index (χ0n) is 10.1.